The first-order valence-corrected chi connectivity index (χ1v) is 20.2. The Morgan fingerprint density at radius 1 is 0.804 bits per heavy atom. The van der Waals surface area contributed by atoms with Crippen LogP contribution in [0.25, 0.3) is 0 Å². The van der Waals surface area contributed by atoms with Gasteiger partial charge in [0.15, 0.2) is 0 Å². The first-order chi connectivity index (χ1) is 26.9. The average molecular weight is 794 g/mol. The van der Waals surface area contributed by atoms with Crippen LogP contribution in [0.4, 0.5) is 29.3 Å². The van der Waals surface area contributed by atoms with Gasteiger partial charge in [-0.3, -0.25) is 19.4 Å². The number of piperazine rings is 1. The molecule has 0 bridgehead atoms. The number of para-hydroxylation sites is 1. The number of nitrogens with one attached hydrogen (secondary N) is 1. The van der Waals surface area contributed by atoms with Crippen LogP contribution in [0.1, 0.15) is 54.4 Å². The van der Waals surface area contributed by atoms with Crippen molar-refractivity contribution in [1.82, 2.24) is 24.5 Å². The minimum Gasteiger partial charge on any atom is -0.397 e. The summed E-state index contributed by atoms with van der Waals surface area (Å²) in [6, 6.07) is 20.7. The number of fused-ring (bicyclic) bond motifs is 1. The van der Waals surface area contributed by atoms with Crippen molar-refractivity contribution >= 4 is 40.8 Å². The maximum Gasteiger partial charge on any atom is 0.418 e. The van der Waals surface area contributed by atoms with E-state index in [4.69, 9.17) is 17.3 Å². The molecule has 4 aliphatic heterocycles. The predicted octanol–water partition coefficient (Wildman–Crippen LogP) is 6.38. The number of alkyl halides is 3. The molecule has 56 heavy (non-hydrogen) atoms. The van der Waals surface area contributed by atoms with Crippen LogP contribution in [-0.4, -0.2) is 113 Å². The Morgan fingerprint density at radius 2 is 1.45 bits per heavy atom. The number of amides is 4. The highest BCUT2D eigenvalue weighted by molar-refractivity contribution is 6.33. The van der Waals surface area contributed by atoms with E-state index < -0.39 is 23.3 Å². The lowest BCUT2D eigenvalue weighted by atomic mass is 9.91. The molecule has 0 aromatic heterocycles. The zero-order valence-electron chi connectivity index (χ0n) is 31.7. The van der Waals surface area contributed by atoms with Gasteiger partial charge < -0.3 is 25.8 Å². The minimum absolute atomic E-state index is 0.0448. The smallest absolute Gasteiger partial charge is 0.397 e. The molecule has 3 aromatic carbocycles. The second-order valence-corrected chi connectivity index (χ2v) is 16.0. The molecule has 0 aliphatic carbocycles. The van der Waals surface area contributed by atoms with Crippen molar-refractivity contribution in [3.63, 3.8) is 0 Å². The third-order valence-electron chi connectivity index (χ3n) is 12.1. The number of carbonyl (C=O) groups is 3. The van der Waals surface area contributed by atoms with Gasteiger partial charge >= 0.3 is 12.2 Å². The van der Waals surface area contributed by atoms with Crippen LogP contribution >= 0.6 is 11.6 Å². The second kappa shape index (κ2) is 17.4. The Morgan fingerprint density at radius 3 is 2.14 bits per heavy atom. The van der Waals surface area contributed by atoms with Crippen LogP contribution < -0.4 is 11.1 Å². The van der Waals surface area contributed by atoms with Crippen LogP contribution in [0.3, 0.4) is 0 Å². The number of halogens is 4. The van der Waals surface area contributed by atoms with Gasteiger partial charge in [0.1, 0.15) is 0 Å². The van der Waals surface area contributed by atoms with Gasteiger partial charge in [-0.2, -0.15) is 13.2 Å². The number of benzene rings is 3. The molecule has 1 atom stereocenters. The first-order valence-electron chi connectivity index (χ1n) is 19.8. The molecule has 14 heteroatoms. The molecule has 0 saturated carbocycles. The fraction of sp³-hybridized carbons (Fsp3) is 0.500. The molecule has 300 valence electrons. The van der Waals surface area contributed by atoms with Crippen LogP contribution in [0, 0.1) is 5.92 Å². The van der Waals surface area contributed by atoms with Gasteiger partial charge in [-0.15, -0.1) is 0 Å². The normalized spacial score (nSPS) is 20.0. The van der Waals surface area contributed by atoms with Crippen LogP contribution in [0.15, 0.2) is 66.7 Å². The zero-order chi connectivity index (χ0) is 39.4. The van der Waals surface area contributed by atoms with Gasteiger partial charge in [-0.05, 0) is 73.4 Å². The van der Waals surface area contributed by atoms with Crippen molar-refractivity contribution in [2.75, 3.05) is 70.0 Å². The number of hydrogen-bond donors (Lipinski definition) is 2. The van der Waals surface area contributed by atoms with E-state index >= 15 is 0 Å². The summed E-state index contributed by atoms with van der Waals surface area (Å²) < 4.78 is 41.8. The monoisotopic (exact) mass is 793 g/mol. The number of hydrogen-bond acceptors (Lipinski definition) is 6. The lowest BCUT2D eigenvalue weighted by molar-refractivity contribution is -0.143. The number of nitrogen functional groups attached to an aromatic ring is 1. The number of urea groups is 1. The van der Waals surface area contributed by atoms with E-state index in [-0.39, 0.29) is 47.3 Å². The highest BCUT2D eigenvalue weighted by Gasteiger charge is 2.38. The van der Waals surface area contributed by atoms with Crippen molar-refractivity contribution in [2.45, 2.75) is 69.8 Å². The summed E-state index contributed by atoms with van der Waals surface area (Å²) in [7, 11) is 0. The summed E-state index contributed by atoms with van der Waals surface area (Å²) in [6.07, 6.45) is -1.47. The Balaban J connectivity index is 0.979. The topological polar surface area (TPSA) is 105 Å². The van der Waals surface area contributed by atoms with Crippen LogP contribution in [0.5, 0.6) is 0 Å². The summed E-state index contributed by atoms with van der Waals surface area (Å²) in [4.78, 5) is 51.7. The summed E-state index contributed by atoms with van der Waals surface area (Å²) in [5.74, 6) is -1.34. The number of nitrogens with zero attached hydrogens (tertiary/aromatic N) is 5. The van der Waals surface area contributed by atoms with Crippen molar-refractivity contribution in [3.8, 4) is 0 Å². The Hall–Kier alpha value is -4.33. The fourth-order valence-electron chi connectivity index (χ4n) is 8.90. The maximum atomic E-state index is 14.3. The van der Waals surface area contributed by atoms with Gasteiger partial charge in [-0.1, -0.05) is 60.1 Å². The van der Waals surface area contributed by atoms with E-state index in [1.165, 1.54) is 11.6 Å². The van der Waals surface area contributed by atoms with Gasteiger partial charge in [-0.25, -0.2) is 4.79 Å². The Labute approximate surface area is 331 Å². The highest BCUT2D eigenvalue weighted by atomic mass is 35.5. The highest BCUT2D eigenvalue weighted by Crippen LogP contribution is 2.39. The van der Waals surface area contributed by atoms with Gasteiger partial charge in [0.25, 0.3) is 0 Å². The van der Waals surface area contributed by atoms with Crippen LogP contribution in [-0.2, 0) is 35.2 Å². The van der Waals surface area contributed by atoms with Crippen molar-refractivity contribution in [2.24, 2.45) is 5.92 Å². The Bertz CT molecular complexity index is 1860. The molecule has 0 spiro atoms. The lowest BCUT2D eigenvalue weighted by Gasteiger charge is -2.43. The van der Waals surface area contributed by atoms with Crippen molar-refractivity contribution < 1.29 is 27.6 Å². The molecule has 3 saturated heterocycles. The minimum atomic E-state index is -4.73. The molecular weight excluding hydrogens is 743 g/mol. The lowest BCUT2D eigenvalue weighted by Crippen LogP contribution is -2.54. The number of anilines is 2. The molecule has 1 unspecified atom stereocenters. The largest absolute Gasteiger partial charge is 0.418 e. The third-order valence-corrected chi connectivity index (χ3v) is 12.4. The van der Waals surface area contributed by atoms with E-state index in [1.807, 2.05) is 35.2 Å². The molecule has 0 radical (unpaired) electrons. The number of piperidine rings is 2. The molecule has 4 aliphatic rings. The van der Waals surface area contributed by atoms with E-state index in [9.17, 15) is 27.6 Å². The maximum absolute atomic E-state index is 14.3. The quantitative estimate of drug-likeness (QED) is 0.244. The van der Waals surface area contributed by atoms with E-state index in [0.29, 0.717) is 51.6 Å². The van der Waals surface area contributed by atoms with E-state index in [1.54, 1.807) is 9.80 Å². The van der Waals surface area contributed by atoms with Crippen molar-refractivity contribution in [3.05, 3.63) is 94.0 Å². The third kappa shape index (κ3) is 9.44. The van der Waals surface area contributed by atoms with Gasteiger partial charge in [0, 0.05) is 89.6 Å². The molecular formula is C42H51ClF3N7O3. The van der Waals surface area contributed by atoms with Gasteiger partial charge in [0.05, 0.1) is 22.2 Å². The summed E-state index contributed by atoms with van der Waals surface area (Å²) >= 11 is 6.19. The Kier molecular flexibility index (Phi) is 12.4. The summed E-state index contributed by atoms with van der Waals surface area (Å²) in [5.41, 5.74) is 7.51. The van der Waals surface area contributed by atoms with E-state index in [0.717, 1.165) is 69.3 Å². The average Bonchev–Trinajstić information content (AvgIpc) is 3.37. The second-order valence-electron chi connectivity index (χ2n) is 15.6. The summed E-state index contributed by atoms with van der Waals surface area (Å²) in [6.45, 7) is 7.21. The van der Waals surface area contributed by atoms with Crippen LogP contribution in [0.2, 0.25) is 5.02 Å². The number of rotatable bonds is 9. The predicted molar refractivity (Wildman–Crippen MR) is 211 cm³/mol. The first kappa shape index (κ1) is 39.9. The summed E-state index contributed by atoms with van der Waals surface area (Å²) in [5, 5.41) is 2.78. The number of nitrogens with two attached hydrogens (primary N) is 1. The molecule has 3 fully saturated rings. The number of likely N-dealkylation sites (tertiary alicyclic amines) is 2. The molecule has 7 rings (SSSR count). The molecule has 3 aromatic rings. The SMILES string of the molecule is Nc1c(Cl)cc(CC(CC(=O)N2CCC(N3CCc4ccccc4NC3=O)CC2)C(=O)N2CCC(N3CCN(Cc4ccccc4)CC3)CC2)cc1C(F)(F)F. The van der Waals surface area contributed by atoms with Crippen molar-refractivity contribution in [1.29, 1.82) is 0 Å². The molecule has 4 amide bonds. The van der Waals surface area contributed by atoms with E-state index in [2.05, 4.69) is 39.4 Å². The number of carbonyl (C=O) groups excluding carboxylic acids is 3. The standard InChI is InChI=1S/C42H51ClF3N7O3/c43-36-26-30(25-35(39(36)47)42(44,45)46)24-32(27-38(54)51-15-13-34(14-16-51)53-19-10-31-8-4-5-9-37(31)48-41(53)56)40(55)52-17-11-33(12-18-52)50-22-20-49(21-23-50)28-29-6-2-1-3-7-29/h1-9,25-26,32-34H,10-24,27-28,47H2,(H,48,56). The van der Waals surface area contributed by atoms with Gasteiger partial charge in [0.2, 0.25) is 11.8 Å². The zero-order valence-corrected chi connectivity index (χ0v) is 32.4. The fourth-order valence-corrected chi connectivity index (χ4v) is 9.14. The molecule has 3 N–H and O–H groups in total. The molecule has 4 heterocycles. The molecule has 10 nitrogen and oxygen atoms in total.